The molecule has 2 N–H and O–H groups in total. The standard InChI is InChI=1S/C21H25N3O3S/c1-26-17-8-9-18(19(14-17)27-2)23-21(28)24-12-10-16(11-13-24)22-20(25)15-6-4-3-5-7-15/h3-9,14,16H,10-13H2,1-2H3,(H,22,25)(H,23,28). The summed E-state index contributed by atoms with van der Waals surface area (Å²) in [4.78, 5) is 14.4. The topological polar surface area (TPSA) is 62.8 Å². The third kappa shape index (κ3) is 4.92. The molecule has 6 nitrogen and oxygen atoms in total. The van der Waals surface area contributed by atoms with Gasteiger partial charge in [0.25, 0.3) is 5.91 Å². The number of ether oxygens (including phenoxy) is 2. The zero-order valence-corrected chi connectivity index (χ0v) is 16.9. The third-order valence-electron chi connectivity index (χ3n) is 4.80. The zero-order chi connectivity index (χ0) is 19.9. The highest BCUT2D eigenvalue weighted by Crippen LogP contribution is 2.29. The molecular formula is C21H25N3O3S. The number of benzene rings is 2. The summed E-state index contributed by atoms with van der Waals surface area (Å²) >= 11 is 5.57. The van der Waals surface area contributed by atoms with Crippen LogP contribution in [0.5, 0.6) is 11.5 Å². The Hall–Kier alpha value is -2.80. The summed E-state index contributed by atoms with van der Waals surface area (Å²) in [6.45, 7) is 1.56. The number of carbonyl (C=O) groups excluding carboxylic acids is 1. The molecule has 0 unspecified atom stereocenters. The van der Waals surface area contributed by atoms with Crippen molar-refractivity contribution in [2.75, 3.05) is 32.6 Å². The summed E-state index contributed by atoms with van der Waals surface area (Å²) < 4.78 is 10.6. The van der Waals surface area contributed by atoms with Crippen LogP contribution in [0.1, 0.15) is 23.2 Å². The van der Waals surface area contributed by atoms with Crippen LogP contribution in [-0.4, -0.2) is 49.3 Å². The predicted molar refractivity (Wildman–Crippen MR) is 114 cm³/mol. The van der Waals surface area contributed by atoms with Crippen molar-refractivity contribution < 1.29 is 14.3 Å². The van der Waals surface area contributed by atoms with Gasteiger partial charge in [0, 0.05) is 30.8 Å². The first-order valence-corrected chi connectivity index (χ1v) is 9.65. The second-order valence-electron chi connectivity index (χ2n) is 6.60. The van der Waals surface area contributed by atoms with Crippen LogP contribution in [0, 0.1) is 0 Å². The molecule has 1 aliphatic rings. The normalized spacial score (nSPS) is 14.3. The molecular weight excluding hydrogens is 374 g/mol. The number of methoxy groups -OCH3 is 2. The van der Waals surface area contributed by atoms with Gasteiger partial charge < -0.3 is 25.0 Å². The molecule has 2 aromatic rings. The van der Waals surface area contributed by atoms with Crippen molar-refractivity contribution in [3.63, 3.8) is 0 Å². The first-order chi connectivity index (χ1) is 13.6. The SMILES string of the molecule is COc1ccc(NC(=S)N2CCC(NC(=O)c3ccccc3)CC2)c(OC)c1. The monoisotopic (exact) mass is 399 g/mol. The lowest BCUT2D eigenvalue weighted by Crippen LogP contribution is -2.47. The minimum absolute atomic E-state index is 0.0253. The average molecular weight is 400 g/mol. The molecule has 28 heavy (non-hydrogen) atoms. The Morgan fingerprint density at radius 3 is 2.43 bits per heavy atom. The summed E-state index contributed by atoms with van der Waals surface area (Å²) in [5.41, 5.74) is 1.49. The second-order valence-corrected chi connectivity index (χ2v) is 6.98. The maximum atomic E-state index is 12.3. The van der Waals surface area contributed by atoms with E-state index in [-0.39, 0.29) is 11.9 Å². The fourth-order valence-electron chi connectivity index (χ4n) is 3.18. The number of thiocarbonyl (C=S) groups is 1. The first kappa shape index (κ1) is 19.9. The molecule has 1 saturated heterocycles. The van der Waals surface area contributed by atoms with Crippen LogP contribution < -0.4 is 20.1 Å². The van der Waals surface area contributed by atoms with Gasteiger partial charge in [0.05, 0.1) is 19.9 Å². The van der Waals surface area contributed by atoms with Crippen LogP contribution in [0.15, 0.2) is 48.5 Å². The molecule has 2 aromatic carbocycles. The van der Waals surface area contributed by atoms with Gasteiger partial charge in [-0.1, -0.05) is 18.2 Å². The number of carbonyl (C=O) groups is 1. The van der Waals surface area contributed by atoms with E-state index in [2.05, 4.69) is 15.5 Å². The molecule has 148 valence electrons. The maximum Gasteiger partial charge on any atom is 0.251 e. The van der Waals surface area contributed by atoms with Gasteiger partial charge in [-0.3, -0.25) is 4.79 Å². The van der Waals surface area contributed by atoms with Crippen LogP contribution in [0.4, 0.5) is 5.69 Å². The Balaban J connectivity index is 1.52. The van der Waals surface area contributed by atoms with Crippen molar-refractivity contribution in [1.82, 2.24) is 10.2 Å². The number of likely N-dealkylation sites (tertiary alicyclic amines) is 1. The van der Waals surface area contributed by atoms with Gasteiger partial charge in [0.2, 0.25) is 0 Å². The highest BCUT2D eigenvalue weighted by Gasteiger charge is 2.23. The van der Waals surface area contributed by atoms with Gasteiger partial charge in [0.15, 0.2) is 5.11 Å². The fourth-order valence-corrected chi connectivity index (χ4v) is 3.47. The lowest BCUT2D eigenvalue weighted by atomic mass is 10.0. The Morgan fingerprint density at radius 1 is 1.07 bits per heavy atom. The minimum Gasteiger partial charge on any atom is -0.497 e. The van der Waals surface area contributed by atoms with E-state index in [1.807, 2.05) is 48.5 Å². The van der Waals surface area contributed by atoms with Gasteiger partial charge in [-0.25, -0.2) is 0 Å². The van der Waals surface area contributed by atoms with Gasteiger partial charge in [0.1, 0.15) is 11.5 Å². The molecule has 0 saturated carbocycles. The van der Waals surface area contributed by atoms with Crippen molar-refractivity contribution in [2.24, 2.45) is 0 Å². The zero-order valence-electron chi connectivity index (χ0n) is 16.1. The molecule has 1 aliphatic heterocycles. The number of amides is 1. The van der Waals surface area contributed by atoms with E-state index in [1.165, 1.54) is 0 Å². The van der Waals surface area contributed by atoms with Gasteiger partial charge >= 0.3 is 0 Å². The van der Waals surface area contributed by atoms with Crippen molar-refractivity contribution in [3.8, 4) is 11.5 Å². The molecule has 7 heteroatoms. The molecule has 1 heterocycles. The van der Waals surface area contributed by atoms with Gasteiger partial charge in [-0.05, 0) is 49.3 Å². The summed E-state index contributed by atoms with van der Waals surface area (Å²) in [7, 11) is 3.23. The fraction of sp³-hybridized carbons (Fsp3) is 0.333. The molecule has 0 spiro atoms. The molecule has 1 fully saturated rings. The van der Waals surface area contributed by atoms with Crippen molar-refractivity contribution in [2.45, 2.75) is 18.9 Å². The van der Waals surface area contributed by atoms with E-state index in [0.29, 0.717) is 16.4 Å². The van der Waals surface area contributed by atoms with E-state index in [1.54, 1.807) is 14.2 Å². The Morgan fingerprint density at radius 2 is 1.79 bits per heavy atom. The number of anilines is 1. The van der Waals surface area contributed by atoms with Crippen LogP contribution in [0.2, 0.25) is 0 Å². The highest BCUT2D eigenvalue weighted by molar-refractivity contribution is 7.80. The van der Waals surface area contributed by atoms with E-state index in [0.717, 1.165) is 37.4 Å². The van der Waals surface area contributed by atoms with Crippen molar-refractivity contribution in [1.29, 1.82) is 0 Å². The Labute approximate surface area is 170 Å². The number of hydrogen-bond donors (Lipinski definition) is 2. The second kappa shape index (κ2) is 9.41. The first-order valence-electron chi connectivity index (χ1n) is 9.24. The van der Waals surface area contributed by atoms with E-state index in [4.69, 9.17) is 21.7 Å². The Bertz CT molecular complexity index is 821. The van der Waals surface area contributed by atoms with Crippen molar-refractivity contribution in [3.05, 3.63) is 54.1 Å². The molecule has 3 rings (SSSR count). The van der Waals surface area contributed by atoms with Crippen LogP contribution in [-0.2, 0) is 0 Å². The van der Waals surface area contributed by atoms with Gasteiger partial charge in [-0.15, -0.1) is 0 Å². The number of piperidine rings is 1. The van der Waals surface area contributed by atoms with Crippen molar-refractivity contribution >= 4 is 28.9 Å². The summed E-state index contributed by atoms with van der Waals surface area (Å²) in [6.07, 6.45) is 1.69. The number of hydrogen-bond acceptors (Lipinski definition) is 4. The minimum atomic E-state index is -0.0253. The highest BCUT2D eigenvalue weighted by atomic mass is 32.1. The summed E-state index contributed by atoms with van der Waals surface area (Å²) in [5.74, 6) is 1.37. The molecule has 0 atom stereocenters. The number of nitrogens with one attached hydrogen (secondary N) is 2. The molecule has 0 radical (unpaired) electrons. The lowest BCUT2D eigenvalue weighted by molar-refractivity contribution is 0.0922. The molecule has 0 aliphatic carbocycles. The predicted octanol–water partition coefficient (Wildman–Crippen LogP) is 3.30. The van der Waals surface area contributed by atoms with Crippen LogP contribution in [0.3, 0.4) is 0 Å². The third-order valence-corrected chi connectivity index (χ3v) is 5.16. The number of rotatable bonds is 5. The van der Waals surface area contributed by atoms with Crippen LogP contribution >= 0.6 is 12.2 Å². The molecule has 1 amide bonds. The Kier molecular flexibility index (Phi) is 6.71. The average Bonchev–Trinajstić information content (AvgIpc) is 2.75. The maximum absolute atomic E-state index is 12.3. The summed E-state index contributed by atoms with van der Waals surface area (Å²) in [5, 5.41) is 7.01. The number of nitrogens with zero attached hydrogens (tertiary/aromatic N) is 1. The lowest BCUT2D eigenvalue weighted by Gasteiger charge is -2.34. The quantitative estimate of drug-likeness (QED) is 0.753. The van der Waals surface area contributed by atoms with Gasteiger partial charge in [-0.2, -0.15) is 0 Å². The van der Waals surface area contributed by atoms with E-state index < -0.39 is 0 Å². The summed E-state index contributed by atoms with van der Waals surface area (Å²) in [6, 6.07) is 15.0. The van der Waals surface area contributed by atoms with E-state index in [9.17, 15) is 4.79 Å². The molecule has 0 bridgehead atoms. The smallest absolute Gasteiger partial charge is 0.251 e. The largest absolute Gasteiger partial charge is 0.497 e. The van der Waals surface area contributed by atoms with E-state index >= 15 is 0 Å². The van der Waals surface area contributed by atoms with Crippen LogP contribution in [0.25, 0.3) is 0 Å². The molecule has 0 aromatic heterocycles.